The number of halogens is 1. The van der Waals surface area contributed by atoms with Gasteiger partial charge in [-0.2, -0.15) is 0 Å². The summed E-state index contributed by atoms with van der Waals surface area (Å²) in [4.78, 5) is 16.7. The van der Waals surface area contributed by atoms with E-state index in [2.05, 4.69) is 35.9 Å². The maximum Gasteiger partial charge on any atom is 0.305 e. The summed E-state index contributed by atoms with van der Waals surface area (Å²) in [7, 11) is 0. The largest absolute Gasteiger partial charge is 0.312 e. The molecular formula is C16H25ClN2OS. The van der Waals surface area contributed by atoms with Gasteiger partial charge in [-0.3, -0.25) is 4.79 Å². The third-order valence-corrected chi connectivity index (χ3v) is 4.35. The Morgan fingerprint density at radius 2 is 1.86 bits per heavy atom. The highest BCUT2D eigenvalue weighted by atomic mass is 35.5. The average molecular weight is 329 g/mol. The number of nitrogens with one attached hydrogen (secondary N) is 1. The van der Waals surface area contributed by atoms with Crippen LogP contribution in [0.1, 0.15) is 38.7 Å². The SMILES string of the molecule is CCCN(CCC)CCCc1ccc2[nH]c(=O)sc2c1.Cl. The molecule has 1 aromatic carbocycles. The summed E-state index contributed by atoms with van der Waals surface area (Å²) < 4.78 is 1.08. The molecule has 1 N–H and O–H groups in total. The second kappa shape index (κ2) is 9.23. The zero-order valence-electron chi connectivity index (χ0n) is 12.9. The van der Waals surface area contributed by atoms with Crippen molar-refractivity contribution in [2.75, 3.05) is 19.6 Å². The Morgan fingerprint density at radius 3 is 2.52 bits per heavy atom. The van der Waals surface area contributed by atoms with Crippen molar-refractivity contribution in [3.63, 3.8) is 0 Å². The first kappa shape index (κ1) is 18.2. The van der Waals surface area contributed by atoms with E-state index in [0.29, 0.717) is 0 Å². The third-order valence-electron chi connectivity index (χ3n) is 3.50. The summed E-state index contributed by atoms with van der Waals surface area (Å²) >= 11 is 1.30. The highest BCUT2D eigenvalue weighted by Gasteiger charge is 2.04. The van der Waals surface area contributed by atoms with Gasteiger partial charge in [-0.25, -0.2) is 0 Å². The minimum Gasteiger partial charge on any atom is -0.312 e. The Labute approximate surface area is 136 Å². The van der Waals surface area contributed by atoms with E-state index in [0.717, 1.165) is 16.6 Å². The van der Waals surface area contributed by atoms with E-state index in [4.69, 9.17) is 0 Å². The van der Waals surface area contributed by atoms with Gasteiger partial charge < -0.3 is 9.88 Å². The van der Waals surface area contributed by atoms with Gasteiger partial charge in [0.25, 0.3) is 0 Å². The molecule has 0 aliphatic rings. The van der Waals surface area contributed by atoms with Gasteiger partial charge in [0.1, 0.15) is 0 Å². The van der Waals surface area contributed by atoms with Crippen LogP contribution in [0, 0.1) is 0 Å². The Morgan fingerprint density at radius 1 is 1.14 bits per heavy atom. The number of aromatic amines is 1. The second-order valence-electron chi connectivity index (χ2n) is 5.29. The highest BCUT2D eigenvalue weighted by Crippen LogP contribution is 2.17. The molecule has 0 fully saturated rings. The first-order chi connectivity index (χ1) is 9.72. The molecule has 3 nitrogen and oxygen atoms in total. The number of aryl methyl sites for hydroxylation is 1. The summed E-state index contributed by atoms with van der Waals surface area (Å²) in [5, 5.41) is 0. The number of rotatable bonds is 8. The van der Waals surface area contributed by atoms with E-state index < -0.39 is 0 Å². The number of hydrogen-bond donors (Lipinski definition) is 1. The van der Waals surface area contributed by atoms with Crippen molar-refractivity contribution in [2.24, 2.45) is 0 Å². The van der Waals surface area contributed by atoms with Crippen molar-refractivity contribution in [1.29, 1.82) is 0 Å². The van der Waals surface area contributed by atoms with Gasteiger partial charge in [0.15, 0.2) is 0 Å². The maximum atomic E-state index is 11.3. The van der Waals surface area contributed by atoms with Crippen LogP contribution >= 0.6 is 23.7 Å². The molecule has 0 radical (unpaired) electrons. The Bertz CT molecular complexity index is 587. The number of aromatic nitrogens is 1. The molecule has 0 amide bonds. The zero-order valence-corrected chi connectivity index (χ0v) is 14.5. The van der Waals surface area contributed by atoms with E-state index in [1.54, 1.807) is 0 Å². The summed E-state index contributed by atoms with van der Waals surface area (Å²) in [6, 6.07) is 6.31. The number of fused-ring (bicyclic) bond motifs is 1. The standard InChI is InChI=1S/C16H24N2OS.ClH/c1-3-9-18(10-4-2)11-5-6-13-7-8-14-15(12-13)20-16(19)17-14;/h7-8,12H,3-6,9-11H2,1-2H3,(H,17,19);1H. The van der Waals surface area contributed by atoms with Crippen molar-refractivity contribution in [2.45, 2.75) is 39.5 Å². The monoisotopic (exact) mass is 328 g/mol. The summed E-state index contributed by atoms with van der Waals surface area (Å²) in [5.41, 5.74) is 2.29. The normalized spacial score (nSPS) is 11.0. The van der Waals surface area contributed by atoms with E-state index in [1.807, 2.05) is 6.07 Å². The van der Waals surface area contributed by atoms with E-state index in [1.165, 1.54) is 55.8 Å². The van der Waals surface area contributed by atoms with Crippen molar-refractivity contribution >= 4 is 34.0 Å². The van der Waals surface area contributed by atoms with Gasteiger partial charge in [-0.15, -0.1) is 12.4 Å². The topological polar surface area (TPSA) is 36.1 Å². The summed E-state index contributed by atoms with van der Waals surface area (Å²) in [6.45, 7) is 8.05. The predicted molar refractivity (Wildman–Crippen MR) is 95.0 cm³/mol. The molecule has 1 heterocycles. The quantitative estimate of drug-likeness (QED) is 0.793. The van der Waals surface area contributed by atoms with Crippen LogP contribution in [-0.2, 0) is 6.42 Å². The van der Waals surface area contributed by atoms with Gasteiger partial charge in [0.05, 0.1) is 10.2 Å². The molecule has 0 spiro atoms. The summed E-state index contributed by atoms with van der Waals surface area (Å²) in [6.07, 6.45) is 4.73. The highest BCUT2D eigenvalue weighted by molar-refractivity contribution is 7.16. The molecule has 0 aliphatic heterocycles. The average Bonchev–Trinajstić information content (AvgIpc) is 2.78. The van der Waals surface area contributed by atoms with Crippen LogP contribution in [0.15, 0.2) is 23.0 Å². The number of benzene rings is 1. The van der Waals surface area contributed by atoms with Gasteiger partial charge >= 0.3 is 4.87 Å². The number of H-pyrrole nitrogens is 1. The molecule has 2 aromatic rings. The van der Waals surface area contributed by atoms with Crippen LogP contribution in [0.2, 0.25) is 0 Å². The number of thiazole rings is 1. The van der Waals surface area contributed by atoms with Gasteiger partial charge in [-0.1, -0.05) is 31.3 Å². The van der Waals surface area contributed by atoms with E-state index in [9.17, 15) is 4.79 Å². The molecule has 21 heavy (non-hydrogen) atoms. The molecule has 0 saturated heterocycles. The smallest absolute Gasteiger partial charge is 0.305 e. The number of hydrogen-bond acceptors (Lipinski definition) is 3. The zero-order chi connectivity index (χ0) is 14.4. The van der Waals surface area contributed by atoms with Crippen LogP contribution in [0.5, 0.6) is 0 Å². The van der Waals surface area contributed by atoms with Crippen molar-refractivity contribution in [1.82, 2.24) is 9.88 Å². The molecule has 5 heteroatoms. The first-order valence-corrected chi connectivity index (χ1v) is 8.38. The predicted octanol–water partition coefficient (Wildman–Crippen LogP) is 4.07. The fourth-order valence-electron chi connectivity index (χ4n) is 2.62. The second-order valence-corrected chi connectivity index (χ2v) is 6.30. The van der Waals surface area contributed by atoms with Crippen molar-refractivity contribution in [3.05, 3.63) is 33.4 Å². The molecule has 0 aliphatic carbocycles. The fourth-order valence-corrected chi connectivity index (χ4v) is 3.42. The summed E-state index contributed by atoms with van der Waals surface area (Å²) in [5.74, 6) is 0. The van der Waals surface area contributed by atoms with Crippen LogP contribution in [0.25, 0.3) is 10.2 Å². The minimum atomic E-state index is 0. The fraction of sp³-hybridized carbons (Fsp3) is 0.562. The number of nitrogens with zero attached hydrogens (tertiary/aromatic N) is 1. The van der Waals surface area contributed by atoms with Crippen LogP contribution in [0.3, 0.4) is 0 Å². The molecule has 118 valence electrons. The lowest BCUT2D eigenvalue weighted by atomic mass is 10.1. The van der Waals surface area contributed by atoms with Gasteiger partial charge in [0, 0.05) is 0 Å². The molecule has 1 aromatic heterocycles. The van der Waals surface area contributed by atoms with Gasteiger partial charge in [0.2, 0.25) is 0 Å². The van der Waals surface area contributed by atoms with Crippen molar-refractivity contribution < 1.29 is 0 Å². The van der Waals surface area contributed by atoms with Crippen LogP contribution < -0.4 is 4.87 Å². The van der Waals surface area contributed by atoms with Crippen LogP contribution in [0.4, 0.5) is 0 Å². The lowest BCUT2D eigenvalue weighted by Gasteiger charge is -2.20. The van der Waals surface area contributed by atoms with E-state index >= 15 is 0 Å². The minimum absolute atomic E-state index is 0. The molecule has 0 unspecified atom stereocenters. The van der Waals surface area contributed by atoms with E-state index in [-0.39, 0.29) is 17.3 Å². The Kier molecular flexibility index (Phi) is 8.01. The lowest BCUT2D eigenvalue weighted by Crippen LogP contribution is -2.26. The Hall–Kier alpha value is -0.840. The molecular weight excluding hydrogens is 304 g/mol. The molecule has 2 rings (SSSR count). The third kappa shape index (κ3) is 5.46. The van der Waals surface area contributed by atoms with Crippen LogP contribution in [-0.4, -0.2) is 29.5 Å². The molecule has 0 atom stereocenters. The molecule has 0 bridgehead atoms. The maximum absolute atomic E-state index is 11.3. The molecule has 0 saturated carbocycles. The first-order valence-electron chi connectivity index (χ1n) is 7.57. The van der Waals surface area contributed by atoms with Crippen molar-refractivity contribution in [3.8, 4) is 0 Å². The van der Waals surface area contributed by atoms with Gasteiger partial charge in [-0.05, 0) is 63.0 Å². The lowest BCUT2D eigenvalue weighted by molar-refractivity contribution is 0.271. The Balaban J connectivity index is 0.00000220.